The molecule has 1 amide bonds. The van der Waals surface area contributed by atoms with Gasteiger partial charge >= 0.3 is 0 Å². The number of aryl methyl sites for hydroxylation is 1. The number of allylic oxidation sites excluding steroid dienone is 1. The Morgan fingerprint density at radius 3 is 2.42 bits per heavy atom. The van der Waals surface area contributed by atoms with Crippen LogP contribution in [-0.2, 0) is 6.42 Å². The normalized spacial score (nSPS) is 9.47. The molecule has 0 aromatic carbocycles. The zero-order valence-electron chi connectivity index (χ0n) is 12.3. The number of unbranched alkanes of at least 4 members (excludes halogenated alkanes) is 1. The molecular formula is C15H24N2O2. The van der Waals surface area contributed by atoms with Crippen LogP contribution in [0.3, 0.4) is 0 Å². The molecule has 106 valence electrons. The monoisotopic (exact) mass is 264 g/mol. The van der Waals surface area contributed by atoms with Crippen LogP contribution in [0.5, 0.6) is 0 Å². The van der Waals surface area contributed by atoms with E-state index in [0.29, 0.717) is 28.8 Å². The largest absolute Gasteiger partial charge is 0.366 e. The fourth-order valence-electron chi connectivity index (χ4n) is 1.66. The van der Waals surface area contributed by atoms with Gasteiger partial charge in [0.2, 0.25) is 0 Å². The maximum atomic E-state index is 11.8. The Hall–Kier alpha value is -1.84. The second-order valence-electron chi connectivity index (χ2n) is 4.16. The van der Waals surface area contributed by atoms with Gasteiger partial charge in [0.25, 0.3) is 11.5 Å². The lowest BCUT2D eigenvalue weighted by Crippen LogP contribution is -2.21. The van der Waals surface area contributed by atoms with Gasteiger partial charge in [-0.1, -0.05) is 33.8 Å². The Labute approximate surface area is 114 Å². The zero-order valence-corrected chi connectivity index (χ0v) is 12.3. The van der Waals surface area contributed by atoms with Crippen LogP contribution in [0.15, 0.2) is 17.4 Å². The van der Waals surface area contributed by atoms with Crippen LogP contribution in [0.4, 0.5) is 0 Å². The summed E-state index contributed by atoms with van der Waals surface area (Å²) in [6.45, 7) is 11.5. The number of H-pyrrole nitrogens is 1. The Bertz CT molecular complexity index is 501. The third-order valence-electron chi connectivity index (χ3n) is 2.61. The fraction of sp³-hybridized carbons (Fsp3) is 0.467. The van der Waals surface area contributed by atoms with Crippen molar-refractivity contribution in [2.45, 2.75) is 47.0 Å². The van der Waals surface area contributed by atoms with Crippen LogP contribution < -0.4 is 11.3 Å². The number of carbonyl (C=O) groups excluding carboxylic acids is 1. The highest BCUT2D eigenvalue weighted by Gasteiger charge is 2.13. The first-order chi connectivity index (χ1) is 8.97. The number of hydrogen-bond donors (Lipinski definition) is 2. The molecule has 0 radical (unpaired) electrons. The second kappa shape index (κ2) is 8.29. The minimum absolute atomic E-state index is 0.165. The molecule has 0 spiro atoms. The van der Waals surface area contributed by atoms with E-state index < -0.39 is 5.91 Å². The molecule has 19 heavy (non-hydrogen) atoms. The van der Waals surface area contributed by atoms with Gasteiger partial charge in [-0.25, -0.2) is 0 Å². The number of aromatic amines is 1. The Morgan fingerprint density at radius 1 is 1.42 bits per heavy atom. The number of pyridine rings is 1. The number of nitrogens with two attached hydrogens (primary N) is 1. The van der Waals surface area contributed by atoms with E-state index >= 15 is 0 Å². The molecule has 0 aliphatic rings. The molecule has 1 aromatic rings. The number of amides is 1. The van der Waals surface area contributed by atoms with Gasteiger partial charge in [0, 0.05) is 5.56 Å². The van der Waals surface area contributed by atoms with Crippen molar-refractivity contribution in [2.24, 2.45) is 5.73 Å². The van der Waals surface area contributed by atoms with Gasteiger partial charge in [0.05, 0.1) is 11.3 Å². The summed E-state index contributed by atoms with van der Waals surface area (Å²) in [4.78, 5) is 25.8. The average Bonchev–Trinajstić information content (AvgIpc) is 2.38. The Kier molecular flexibility index (Phi) is 7.49. The molecule has 0 fully saturated rings. The van der Waals surface area contributed by atoms with Crippen LogP contribution in [-0.4, -0.2) is 10.9 Å². The van der Waals surface area contributed by atoms with Gasteiger partial charge in [0.15, 0.2) is 0 Å². The molecule has 1 aromatic heterocycles. The van der Waals surface area contributed by atoms with Gasteiger partial charge < -0.3 is 10.7 Å². The highest BCUT2D eigenvalue weighted by molar-refractivity contribution is 5.97. The number of carbonyl (C=O) groups is 1. The molecule has 4 nitrogen and oxygen atoms in total. The highest BCUT2D eigenvalue weighted by atomic mass is 16.1. The fourth-order valence-corrected chi connectivity index (χ4v) is 1.66. The summed E-state index contributed by atoms with van der Waals surface area (Å²) in [5.41, 5.74) is 7.13. The van der Waals surface area contributed by atoms with Crippen molar-refractivity contribution in [3.8, 4) is 0 Å². The van der Waals surface area contributed by atoms with E-state index in [0.717, 1.165) is 12.8 Å². The van der Waals surface area contributed by atoms with Gasteiger partial charge in [-0.05, 0) is 31.4 Å². The molecule has 0 saturated carbocycles. The van der Waals surface area contributed by atoms with Crippen molar-refractivity contribution in [1.29, 1.82) is 0 Å². The van der Waals surface area contributed by atoms with Crippen molar-refractivity contribution in [3.63, 3.8) is 0 Å². The van der Waals surface area contributed by atoms with E-state index in [2.05, 4.69) is 11.6 Å². The minimum atomic E-state index is -0.544. The number of aromatic nitrogens is 1. The highest BCUT2D eigenvalue weighted by Crippen LogP contribution is 2.14. The minimum Gasteiger partial charge on any atom is -0.366 e. The number of rotatable bonds is 5. The van der Waals surface area contributed by atoms with E-state index in [4.69, 9.17) is 5.73 Å². The van der Waals surface area contributed by atoms with E-state index in [9.17, 15) is 9.59 Å². The molecule has 0 aliphatic heterocycles. The summed E-state index contributed by atoms with van der Waals surface area (Å²) in [5, 5.41) is 0. The molecule has 3 N–H and O–H groups in total. The summed E-state index contributed by atoms with van der Waals surface area (Å²) in [6.07, 6.45) is 2.56. The number of nitrogens with one attached hydrogen (secondary N) is 1. The summed E-state index contributed by atoms with van der Waals surface area (Å²) in [7, 11) is 0. The van der Waals surface area contributed by atoms with Crippen molar-refractivity contribution >= 4 is 11.5 Å². The lowest BCUT2D eigenvalue weighted by Gasteiger charge is -2.08. The number of hydrogen-bond acceptors (Lipinski definition) is 2. The summed E-state index contributed by atoms with van der Waals surface area (Å²) in [5.74, 6) is -0.544. The molecule has 0 unspecified atom stereocenters. The van der Waals surface area contributed by atoms with Crippen LogP contribution >= 0.6 is 0 Å². The maximum absolute atomic E-state index is 11.8. The number of primary amides is 1. The van der Waals surface area contributed by atoms with Crippen molar-refractivity contribution in [2.75, 3.05) is 0 Å². The van der Waals surface area contributed by atoms with E-state index in [-0.39, 0.29) is 5.56 Å². The lowest BCUT2D eigenvalue weighted by atomic mass is 10.0. The third-order valence-corrected chi connectivity index (χ3v) is 2.61. The molecule has 0 aliphatic carbocycles. The van der Waals surface area contributed by atoms with Gasteiger partial charge in [-0.2, -0.15) is 0 Å². The summed E-state index contributed by atoms with van der Waals surface area (Å²) < 4.78 is 0. The molecular weight excluding hydrogens is 240 g/mol. The SMILES string of the molecule is C=C(C)c1[nH]c(=O)c(CCCC)cc1C(N)=O.CC. The Morgan fingerprint density at radius 2 is 2.00 bits per heavy atom. The standard InChI is InChI=1S/C13H18N2O2.C2H6/c1-4-5-6-9-7-10(12(14)16)11(8(2)3)15-13(9)17;1-2/h7H,2,4-6H2,1,3H3,(H2,14,16)(H,15,17);1-2H3. The predicted molar refractivity (Wildman–Crippen MR) is 80.2 cm³/mol. The topological polar surface area (TPSA) is 75.9 Å². The molecule has 0 saturated heterocycles. The first-order valence-corrected chi connectivity index (χ1v) is 6.69. The second-order valence-corrected chi connectivity index (χ2v) is 4.16. The van der Waals surface area contributed by atoms with Crippen LogP contribution in [0.1, 0.15) is 62.2 Å². The molecule has 1 rings (SSSR count). The van der Waals surface area contributed by atoms with E-state index in [1.165, 1.54) is 0 Å². The van der Waals surface area contributed by atoms with Crippen molar-refractivity contribution in [3.05, 3.63) is 39.8 Å². The average molecular weight is 264 g/mol. The van der Waals surface area contributed by atoms with Crippen LogP contribution in [0.2, 0.25) is 0 Å². The van der Waals surface area contributed by atoms with Gasteiger partial charge in [-0.15, -0.1) is 0 Å². The van der Waals surface area contributed by atoms with Crippen molar-refractivity contribution in [1.82, 2.24) is 4.98 Å². The third kappa shape index (κ3) is 4.73. The van der Waals surface area contributed by atoms with Crippen LogP contribution in [0.25, 0.3) is 5.57 Å². The van der Waals surface area contributed by atoms with Gasteiger partial charge in [0.1, 0.15) is 0 Å². The summed E-state index contributed by atoms with van der Waals surface area (Å²) >= 11 is 0. The first kappa shape index (κ1) is 17.2. The molecule has 0 atom stereocenters. The molecule has 4 heteroatoms. The quantitative estimate of drug-likeness (QED) is 0.858. The zero-order chi connectivity index (χ0) is 15.0. The van der Waals surface area contributed by atoms with Crippen molar-refractivity contribution < 1.29 is 4.79 Å². The lowest BCUT2D eigenvalue weighted by molar-refractivity contribution is 0.0999. The van der Waals surface area contributed by atoms with E-state index in [1.807, 2.05) is 20.8 Å². The van der Waals surface area contributed by atoms with Crippen LogP contribution in [0, 0.1) is 0 Å². The predicted octanol–water partition coefficient (Wildman–Crippen LogP) is 2.88. The first-order valence-electron chi connectivity index (χ1n) is 6.69. The molecule has 0 bridgehead atoms. The summed E-state index contributed by atoms with van der Waals surface area (Å²) in [6, 6.07) is 1.58. The Balaban J connectivity index is 0.00000154. The maximum Gasteiger partial charge on any atom is 0.251 e. The smallest absolute Gasteiger partial charge is 0.251 e. The van der Waals surface area contributed by atoms with Gasteiger partial charge in [-0.3, -0.25) is 9.59 Å². The van der Waals surface area contributed by atoms with E-state index in [1.54, 1.807) is 13.0 Å². The molecule has 1 heterocycles.